The lowest BCUT2D eigenvalue weighted by Gasteiger charge is -2.17. The van der Waals surface area contributed by atoms with Crippen molar-refractivity contribution in [2.75, 3.05) is 50.3 Å². The molecule has 0 radical (unpaired) electrons. The van der Waals surface area contributed by atoms with Gasteiger partial charge in [0.15, 0.2) is 11.5 Å². The predicted molar refractivity (Wildman–Crippen MR) is 118 cm³/mol. The SMILES string of the molecule is C=C(OCCCS(=O)(=O)O)/C(=C\[C@H](CO)CCOCCCS(=O)(=O)O)OCCCS(=O)(=O)O. The van der Waals surface area contributed by atoms with E-state index < -0.39 is 53.5 Å². The van der Waals surface area contributed by atoms with Gasteiger partial charge in [0, 0.05) is 25.7 Å². The molecule has 0 amide bonds. The van der Waals surface area contributed by atoms with Crippen LogP contribution in [-0.2, 0) is 44.6 Å². The van der Waals surface area contributed by atoms with Gasteiger partial charge in [0.1, 0.15) is 0 Å². The fourth-order valence-corrected chi connectivity index (χ4v) is 3.72. The maximum atomic E-state index is 10.8. The van der Waals surface area contributed by atoms with E-state index in [1.54, 1.807) is 0 Å². The number of aliphatic hydroxyl groups excluding tert-OH is 1. The van der Waals surface area contributed by atoms with Crippen LogP contribution in [0, 0.1) is 5.92 Å². The molecule has 33 heavy (non-hydrogen) atoms. The van der Waals surface area contributed by atoms with E-state index in [-0.39, 0.29) is 70.2 Å². The molecule has 0 heterocycles. The Morgan fingerprint density at radius 2 is 1.21 bits per heavy atom. The summed E-state index contributed by atoms with van der Waals surface area (Å²) in [4.78, 5) is 0. The van der Waals surface area contributed by atoms with E-state index in [0.29, 0.717) is 0 Å². The van der Waals surface area contributed by atoms with E-state index in [1.807, 2.05) is 0 Å². The summed E-state index contributed by atoms with van der Waals surface area (Å²) in [5, 5.41) is 9.60. The van der Waals surface area contributed by atoms with Crippen molar-refractivity contribution in [1.82, 2.24) is 0 Å². The molecule has 0 aromatic rings. The molecule has 0 fully saturated rings. The molecule has 13 nitrogen and oxygen atoms in total. The van der Waals surface area contributed by atoms with Crippen molar-refractivity contribution in [3.63, 3.8) is 0 Å². The lowest BCUT2D eigenvalue weighted by atomic mass is 10.1. The van der Waals surface area contributed by atoms with Gasteiger partial charge in [0.25, 0.3) is 30.4 Å². The molecular formula is C17H32O13S3. The molecule has 16 heteroatoms. The minimum Gasteiger partial charge on any atom is -0.490 e. The van der Waals surface area contributed by atoms with Gasteiger partial charge in [0.05, 0.1) is 30.5 Å². The van der Waals surface area contributed by atoms with Crippen molar-refractivity contribution < 1.29 is 58.2 Å². The van der Waals surface area contributed by atoms with Crippen LogP contribution in [0.5, 0.6) is 0 Å². The Morgan fingerprint density at radius 3 is 1.67 bits per heavy atom. The van der Waals surface area contributed by atoms with E-state index in [4.69, 9.17) is 27.9 Å². The fourth-order valence-electron chi connectivity index (χ4n) is 2.27. The van der Waals surface area contributed by atoms with E-state index in [2.05, 4.69) is 6.58 Å². The molecule has 1 atom stereocenters. The van der Waals surface area contributed by atoms with Gasteiger partial charge < -0.3 is 19.3 Å². The highest BCUT2D eigenvalue weighted by atomic mass is 32.2. The second-order valence-corrected chi connectivity index (χ2v) is 11.6. The van der Waals surface area contributed by atoms with Gasteiger partial charge in [-0.3, -0.25) is 13.7 Å². The molecule has 0 aromatic heterocycles. The van der Waals surface area contributed by atoms with Crippen LogP contribution >= 0.6 is 0 Å². The van der Waals surface area contributed by atoms with E-state index >= 15 is 0 Å². The third kappa shape index (κ3) is 21.0. The van der Waals surface area contributed by atoms with E-state index in [0.717, 1.165) is 0 Å². The van der Waals surface area contributed by atoms with Crippen molar-refractivity contribution in [3.8, 4) is 0 Å². The van der Waals surface area contributed by atoms with Crippen LogP contribution in [0.3, 0.4) is 0 Å². The Morgan fingerprint density at radius 1 is 0.758 bits per heavy atom. The molecule has 0 unspecified atom stereocenters. The smallest absolute Gasteiger partial charge is 0.264 e. The predicted octanol–water partition coefficient (Wildman–Crippen LogP) is 0.266. The summed E-state index contributed by atoms with van der Waals surface area (Å²) < 4.78 is 107. The summed E-state index contributed by atoms with van der Waals surface area (Å²) in [5.74, 6) is -1.98. The monoisotopic (exact) mass is 540 g/mol. The van der Waals surface area contributed by atoms with Crippen molar-refractivity contribution in [1.29, 1.82) is 0 Å². The molecule has 0 aromatic carbocycles. The molecule has 0 bridgehead atoms. The van der Waals surface area contributed by atoms with Gasteiger partial charge in [-0.2, -0.15) is 25.3 Å². The maximum Gasteiger partial charge on any atom is 0.264 e. The Labute approximate surface area is 194 Å². The third-order valence-corrected chi connectivity index (χ3v) is 6.26. The van der Waals surface area contributed by atoms with E-state index in [1.165, 1.54) is 6.08 Å². The highest BCUT2D eigenvalue weighted by Crippen LogP contribution is 2.18. The molecule has 196 valence electrons. The van der Waals surface area contributed by atoms with Gasteiger partial charge in [-0.1, -0.05) is 6.58 Å². The number of hydrogen-bond donors (Lipinski definition) is 4. The second-order valence-electron chi connectivity index (χ2n) is 6.91. The van der Waals surface area contributed by atoms with Crippen LogP contribution in [0.1, 0.15) is 25.7 Å². The highest BCUT2D eigenvalue weighted by molar-refractivity contribution is 7.86. The lowest BCUT2D eigenvalue weighted by molar-refractivity contribution is 0.112. The molecular weight excluding hydrogens is 508 g/mol. The molecule has 4 N–H and O–H groups in total. The average Bonchev–Trinajstić information content (AvgIpc) is 2.66. The zero-order chi connectivity index (χ0) is 25.5. The zero-order valence-electron chi connectivity index (χ0n) is 18.0. The maximum absolute atomic E-state index is 10.8. The summed E-state index contributed by atoms with van der Waals surface area (Å²) in [6.45, 7) is 3.29. The van der Waals surface area contributed by atoms with E-state index in [9.17, 15) is 30.4 Å². The number of ether oxygens (including phenoxy) is 3. The largest absolute Gasteiger partial charge is 0.490 e. The standard InChI is InChI=1S/C17H32O13S3/c1-15(29-7-3-11-32(22,23)24)17(30-8-4-12-33(25,26)27)13-16(14-18)5-9-28-6-2-10-31(19,20)21/h13,16,18H,1-12,14H2,(H,19,20,21)(H,22,23,24)(H,25,26,27)/b17-13+/t16-/m1/s1. The summed E-state index contributed by atoms with van der Waals surface area (Å²) in [6, 6.07) is 0. The lowest BCUT2D eigenvalue weighted by Crippen LogP contribution is -2.13. The first kappa shape index (κ1) is 31.7. The average molecular weight is 541 g/mol. The first-order valence-electron chi connectivity index (χ1n) is 9.83. The minimum atomic E-state index is -4.17. The van der Waals surface area contributed by atoms with Crippen molar-refractivity contribution in [2.45, 2.75) is 25.7 Å². The second kappa shape index (κ2) is 15.6. The summed E-state index contributed by atoms with van der Waals surface area (Å²) in [5.41, 5.74) is 0. The number of rotatable bonds is 20. The summed E-state index contributed by atoms with van der Waals surface area (Å²) in [6.07, 6.45) is 1.76. The Balaban J connectivity index is 4.87. The van der Waals surface area contributed by atoms with Crippen LogP contribution in [0.15, 0.2) is 24.2 Å². The van der Waals surface area contributed by atoms with Gasteiger partial charge >= 0.3 is 0 Å². The van der Waals surface area contributed by atoms with Crippen LogP contribution in [0.4, 0.5) is 0 Å². The molecule has 0 rings (SSSR count). The molecule has 0 aliphatic carbocycles. The summed E-state index contributed by atoms with van der Waals surface area (Å²) in [7, 11) is -12.4. The van der Waals surface area contributed by atoms with Gasteiger partial charge in [-0.15, -0.1) is 0 Å². The van der Waals surface area contributed by atoms with Gasteiger partial charge in [-0.25, -0.2) is 0 Å². The zero-order valence-corrected chi connectivity index (χ0v) is 20.5. The van der Waals surface area contributed by atoms with Crippen molar-refractivity contribution in [3.05, 3.63) is 24.2 Å². The van der Waals surface area contributed by atoms with Gasteiger partial charge in [0.2, 0.25) is 0 Å². The fraction of sp³-hybridized carbons (Fsp3) is 0.765. The first-order valence-corrected chi connectivity index (χ1v) is 14.7. The number of aliphatic hydroxyl groups is 1. The highest BCUT2D eigenvalue weighted by Gasteiger charge is 2.14. The van der Waals surface area contributed by atoms with Crippen LogP contribution < -0.4 is 0 Å². The Hall–Kier alpha value is -1.27. The van der Waals surface area contributed by atoms with Crippen LogP contribution in [-0.4, -0.2) is 94.3 Å². The molecule has 0 aliphatic heterocycles. The number of hydrogen-bond acceptors (Lipinski definition) is 10. The van der Waals surface area contributed by atoms with Crippen LogP contribution in [0.25, 0.3) is 0 Å². The Kier molecular flexibility index (Phi) is 15.0. The Bertz CT molecular complexity index is 921. The normalized spacial score (nSPS) is 14.1. The quantitative estimate of drug-likeness (QED) is 0.0707. The summed E-state index contributed by atoms with van der Waals surface area (Å²) >= 11 is 0. The first-order chi connectivity index (χ1) is 15.1. The molecule has 0 aliphatic rings. The molecule has 0 saturated carbocycles. The third-order valence-electron chi connectivity index (χ3n) is 3.85. The molecule has 0 spiro atoms. The minimum absolute atomic E-state index is 0.0234. The van der Waals surface area contributed by atoms with Crippen LogP contribution in [0.2, 0.25) is 0 Å². The van der Waals surface area contributed by atoms with Gasteiger partial charge in [-0.05, 0) is 31.8 Å². The topological polar surface area (TPSA) is 211 Å². The van der Waals surface area contributed by atoms with Crippen molar-refractivity contribution >= 4 is 30.4 Å². The molecule has 0 saturated heterocycles. The van der Waals surface area contributed by atoms with Crippen molar-refractivity contribution in [2.24, 2.45) is 5.92 Å².